The molecule has 2 aromatic carbocycles. The highest BCUT2D eigenvalue weighted by molar-refractivity contribution is 5.92. The third kappa shape index (κ3) is 3.25. The van der Waals surface area contributed by atoms with Gasteiger partial charge in [0, 0.05) is 41.3 Å². The van der Waals surface area contributed by atoms with Gasteiger partial charge in [0.25, 0.3) is 0 Å². The summed E-state index contributed by atoms with van der Waals surface area (Å²) in [5, 5.41) is 5.43. The van der Waals surface area contributed by atoms with E-state index in [0.717, 1.165) is 25.1 Å². The van der Waals surface area contributed by atoms with Gasteiger partial charge in [0.1, 0.15) is 0 Å². The Kier molecular flexibility index (Phi) is 4.29. The van der Waals surface area contributed by atoms with Crippen molar-refractivity contribution < 1.29 is 4.52 Å². The number of benzene rings is 2. The molecule has 0 atom stereocenters. The van der Waals surface area contributed by atoms with Crippen molar-refractivity contribution in [2.75, 3.05) is 13.1 Å². The van der Waals surface area contributed by atoms with E-state index in [9.17, 15) is 0 Å². The summed E-state index contributed by atoms with van der Waals surface area (Å²) in [6.07, 6.45) is 5.45. The Bertz CT molecular complexity index is 1140. The SMILES string of the molecule is Cc1ccc(-c2noc(CN3CC=C(c4c[nH]c5ccccc45)CC3)n2)cc1. The number of aryl methyl sites for hydroxylation is 1. The summed E-state index contributed by atoms with van der Waals surface area (Å²) in [4.78, 5) is 10.3. The Morgan fingerprint density at radius 2 is 1.96 bits per heavy atom. The number of aromatic amines is 1. The topological polar surface area (TPSA) is 58.0 Å². The van der Waals surface area contributed by atoms with E-state index < -0.39 is 0 Å². The summed E-state index contributed by atoms with van der Waals surface area (Å²) < 4.78 is 5.48. The molecule has 0 saturated carbocycles. The zero-order valence-corrected chi connectivity index (χ0v) is 15.9. The molecular weight excluding hydrogens is 348 g/mol. The normalized spacial score (nSPS) is 15.1. The first-order chi connectivity index (χ1) is 13.8. The highest BCUT2D eigenvalue weighted by Gasteiger charge is 2.18. The van der Waals surface area contributed by atoms with Gasteiger partial charge in [0.2, 0.25) is 11.7 Å². The number of aromatic nitrogens is 3. The average Bonchev–Trinajstić information content (AvgIpc) is 3.36. The molecule has 0 saturated heterocycles. The lowest BCUT2D eigenvalue weighted by Gasteiger charge is -2.24. The highest BCUT2D eigenvalue weighted by Crippen LogP contribution is 2.29. The molecule has 0 spiro atoms. The predicted octanol–water partition coefficient (Wildman–Crippen LogP) is 4.82. The molecule has 3 heterocycles. The number of nitrogens with one attached hydrogen (secondary N) is 1. The van der Waals surface area contributed by atoms with Crippen molar-refractivity contribution in [1.82, 2.24) is 20.0 Å². The van der Waals surface area contributed by atoms with Gasteiger partial charge in [-0.05, 0) is 25.0 Å². The third-order valence-corrected chi connectivity index (χ3v) is 5.37. The lowest BCUT2D eigenvalue weighted by molar-refractivity contribution is 0.245. The van der Waals surface area contributed by atoms with Crippen molar-refractivity contribution in [1.29, 1.82) is 0 Å². The van der Waals surface area contributed by atoms with E-state index in [1.165, 1.54) is 27.6 Å². The fraction of sp³-hybridized carbons (Fsp3) is 0.217. The number of hydrogen-bond acceptors (Lipinski definition) is 4. The standard InChI is InChI=1S/C23H22N4O/c1-16-6-8-18(9-7-16)23-25-22(28-26-23)15-27-12-10-17(11-13-27)20-14-24-21-5-3-2-4-19(20)21/h2-10,14,24H,11-13,15H2,1H3. The Balaban J connectivity index is 1.28. The van der Waals surface area contributed by atoms with Crippen molar-refractivity contribution >= 4 is 16.5 Å². The van der Waals surface area contributed by atoms with E-state index >= 15 is 0 Å². The maximum atomic E-state index is 5.48. The van der Waals surface area contributed by atoms with Crippen LogP contribution < -0.4 is 0 Å². The molecule has 0 radical (unpaired) electrons. The second-order valence-electron chi connectivity index (χ2n) is 7.34. The minimum atomic E-state index is 0.655. The second-order valence-corrected chi connectivity index (χ2v) is 7.34. The third-order valence-electron chi connectivity index (χ3n) is 5.37. The second kappa shape index (κ2) is 7.09. The molecule has 28 heavy (non-hydrogen) atoms. The van der Waals surface area contributed by atoms with Crippen LogP contribution in [0.25, 0.3) is 27.9 Å². The molecule has 2 aromatic heterocycles. The molecule has 140 valence electrons. The van der Waals surface area contributed by atoms with E-state index in [0.29, 0.717) is 18.3 Å². The molecule has 5 rings (SSSR count). The molecule has 0 unspecified atom stereocenters. The number of hydrogen-bond donors (Lipinski definition) is 1. The maximum Gasteiger partial charge on any atom is 0.241 e. The van der Waals surface area contributed by atoms with Crippen molar-refractivity contribution in [2.45, 2.75) is 19.9 Å². The summed E-state index contributed by atoms with van der Waals surface area (Å²) in [6.45, 7) is 4.61. The molecule has 0 bridgehead atoms. The Hall–Kier alpha value is -3.18. The van der Waals surface area contributed by atoms with Crippen LogP contribution in [0.5, 0.6) is 0 Å². The zero-order chi connectivity index (χ0) is 18.9. The van der Waals surface area contributed by atoms with Crippen molar-refractivity contribution in [2.24, 2.45) is 0 Å². The fourth-order valence-corrected chi connectivity index (χ4v) is 3.77. The molecule has 1 aliphatic heterocycles. The average molecular weight is 370 g/mol. The monoisotopic (exact) mass is 370 g/mol. The van der Waals surface area contributed by atoms with Crippen LogP contribution in [0, 0.1) is 6.92 Å². The minimum absolute atomic E-state index is 0.655. The van der Waals surface area contributed by atoms with Crippen LogP contribution >= 0.6 is 0 Å². The van der Waals surface area contributed by atoms with Crippen LogP contribution in [0.15, 0.2) is 65.3 Å². The van der Waals surface area contributed by atoms with Crippen LogP contribution in [0.2, 0.25) is 0 Å². The van der Waals surface area contributed by atoms with Gasteiger partial charge in [-0.25, -0.2) is 0 Å². The number of para-hydroxylation sites is 1. The van der Waals surface area contributed by atoms with Crippen LogP contribution in [-0.2, 0) is 6.54 Å². The van der Waals surface area contributed by atoms with E-state index in [2.05, 4.69) is 75.6 Å². The lowest BCUT2D eigenvalue weighted by Crippen LogP contribution is -2.28. The zero-order valence-electron chi connectivity index (χ0n) is 15.9. The smallest absolute Gasteiger partial charge is 0.241 e. The van der Waals surface area contributed by atoms with E-state index in [1.54, 1.807) is 0 Å². The molecule has 1 N–H and O–H groups in total. The summed E-state index contributed by atoms with van der Waals surface area (Å²) in [7, 11) is 0. The fourth-order valence-electron chi connectivity index (χ4n) is 3.77. The molecule has 1 aliphatic rings. The van der Waals surface area contributed by atoms with Gasteiger partial charge >= 0.3 is 0 Å². The Morgan fingerprint density at radius 1 is 1.11 bits per heavy atom. The van der Waals surface area contributed by atoms with Gasteiger partial charge in [0.05, 0.1) is 6.54 Å². The summed E-state index contributed by atoms with van der Waals surface area (Å²) in [5.41, 5.74) is 6.11. The molecule has 5 nitrogen and oxygen atoms in total. The first kappa shape index (κ1) is 17.0. The van der Waals surface area contributed by atoms with Gasteiger partial charge in [-0.15, -0.1) is 0 Å². The Labute approximate surface area is 163 Å². The molecule has 0 aliphatic carbocycles. The van der Waals surface area contributed by atoms with Crippen molar-refractivity contribution in [3.8, 4) is 11.4 Å². The molecule has 5 heteroatoms. The Morgan fingerprint density at radius 3 is 2.79 bits per heavy atom. The molecule has 0 fully saturated rings. The quantitative estimate of drug-likeness (QED) is 0.560. The highest BCUT2D eigenvalue weighted by atomic mass is 16.5. The minimum Gasteiger partial charge on any atom is -0.361 e. The van der Waals surface area contributed by atoms with Gasteiger partial charge in [-0.1, -0.05) is 59.3 Å². The number of H-pyrrole nitrogens is 1. The maximum absolute atomic E-state index is 5.48. The first-order valence-electron chi connectivity index (χ1n) is 9.64. The van der Waals surface area contributed by atoms with Crippen molar-refractivity contribution in [3.63, 3.8) is 0 Å². The van der Waals surface area contributed by atoms with Crippen LogP contribution in [0.3, 0.4) is 0 Å². The molecule has 0 amide bonds. The van der Waals surface area contributed by atoms with Gasteiger partial charge < -0.3 is 9.51 Å². The van der Waals surface area contributed by atoms with Crippen LogP contribution in [0.4, 0.5) is 0 Å². The van der Waals surface area contributed by atoms with Gasteiger partial charge in [-0.3, -0.25) is 4.90 Å². The van der Waals surface area contributed by atoms with Crippen LogP contribution in [-0.4, -0.2) is 33.1 Å². The van der Waals surface area contributed by atoms with Gasteiger partial charge in [-0.2, -0.15) is 4.98 Å². The van der Waals surface area contributed by atoms with E-state index in [1.807, 2.05) is 12.1 Å². The van der Waals surface area contributed by atoms with E-state index in [-0.39, 0.29) is 0 Å². The summed E-state index contributed by atoms with van der Waals surface area (Å²) in [5.74, 6) is 1.32. The number of rotatable bonds is 4. The number of nitrogens with zero attached hydrogens (tertiary/aromatic N) is 3. The predicted molar refractivity (Wildman–Crippen MR) is 111 cm³/mol. The van der Waals surface area contributed by atoms with Crippen LogP contribution in [0.1, 0.15) is 23.4 Å². The summed E-state index contributed by atoms with van der Waals surface area (Å²) >= 11 is 0. The molecular formula is C23H22N4O. The largest absolute Gasteiger partial charge is 0.361 e. The summed E-state index contributed by atoms with van der Waals surface area (Å²) in [6, 6.07) is 16.6. The molecule has 4 aromatic rings. The first-order valence-corrected chi connectivity index (χ1v) is 9.64. The van der Waals surface area contributed by atoms with Gasteiger partial charge in [0.15, 0.2) is 0 Å². The lowest BCUT2D eigenvalue weighted by atomic mass is 9.99. The van der Waals surface area contributed by atoms with E-state index in [4.69, 9.17) is 4.52 Å². The van der Waals surface area contributed by atoms with Crippen molar-refractivity contribution in [3.05, 3.63) is 77.8 Å². The number of fused-ring (bicyclic) bond motifs is 1.